The van der Waals surface area contributed by atoms with E-state index in [2.05, 4.69) is 0 Å². The maximum absolute atomic E-state index is 10.9. The number of hydrogen-bond donors (Lipinski definition) is 0. The van der Waals surface area contributed by atoms with Crippen molar-refractivity contribution in [3.8, 4) is 11.5 Å². The van der Waals surface area contributed by atoms with Gasteiger partial charge in [-0.25, -0.2) is 0 Å². The minimum absolute atomic E-state index is 0.0359. The summed E-state index contributed by atoms with van der Waals surface area (Å²) < 4.78 is 10.4. The van der Waals surface area contributed by atoms with Crippen LogP contribution in [-0.4, -0.2) is 19.0 Å². The molecule has 0 aliphatic carbocycles. The van der Waals surface area contributed by atoms with Crippen LogP contribution >= 0.6 is 0 Å². The Bertz CT molecular complexity index is 278. The van der Waals surface area contributed by atoms with Gasteiger partial charge in [-0.1, -0.05) is 26.0 Å². The molecule has 0 bridgehead atoms. The first-order chi connectivity index (χ1) is 6.86. The summed E-state index contributed by atoms with van der Waals surface area (Å²) in [6.07, 6.45) is 0. The lowest BCUT2D eigenvalue weighted by Crippen LogP contribution is -2.15. The first-order valence-electron chi connectivity index (χ1n) is 4.72. The first-order valence-corrected chi connectivity index (χ1v) is 4.72. The molecule has 3 heteroatoms. The van der Waals surface area contributed by atoms with Gasteiger partial charge >= 0.3 is 0 Å². The SMILES string of the molecule is CC.O=C1COc2ccccc2OC1. The molecule has 0 saturated carbocycles. The van der Waals surface area contributed by atoms with Crippen molar-refractivity contribution < 1.29 is 14.3 Å². The van der Waals surface area contributed by atoms with E-state index < -0.39 is 0 Å². The molecule has 0 spiro atoms. The second-order valence-electron chi connectivity index (χ2n) is 2.56. The maximum atomic E-state index is 10.9. The minimum Gasteiger partial charge on any atom is -0.482 e. The standard InChI is InChI=1S/C9H8O3.C2H6/c10-7-5-11-8-3-1-2-4-9(8)12-6-7;1-2/h1-4H,5-6H2;1-2H3. The summed E-state index contributed by atoms with van der Waals surface area (Å²) in [4.78, 5) is 10.9. The van der Waals surface area contributed by atoms with Crippen molar-refractivity contribution in [2.45, 2.75) is 13.8 Å². The first kappa shape index (κ1) is 10.6. The number of ether oxygens (including phenoxy) is 2. The molecule has 0 radical (unpaired) electrons. The largest absolute Gasteiger partial charge is 0.482 e. The molecule has 0 unspecified atom stereocenters. The lowest BCUT2D eigenvalue weighted by Gasteiger charge is -2.03. The third kappa shape index (κ3) is 2.49. The molecule has 0 aromatic heterocycles. The number of rotatable bonds is 0. The van der Waals surface area contributed by atoms with E-state index in [4.69, 9.17) is 9.47 Å². The van der Waals surface area contributed by atoms with E-state index in [1.54, 1.807) is 12.1 Å². The van der Waals surface area contributed by atoms with Crippen molar-refractivity contribution in [1.82, 2.24) is 0 Å². The summed E-state index contributed by atoms with van der Waals surface area (Å²) in [5.74, 6) is 1.25. The summed E-state index contributed by atoms with van der Waals surface area (Å²) in [6, 6.07) is 7.26. The van der Waals surface area contributed by atoms with Crippen LogP contribution in [0.5, 0.6) is 11.5 Å². The van der Waals surface area contributed by atoms with Gasteiger partial charge in [-0.05, 0) is 12.1 Å². The van der Waals surface area contributed by atoms with Gasteiger partial charge in [-0.15, -0.1) is 0 Å². The average molecular weight is 194 g/mol. The zero-order valence-electron chi connectivity index (χ0n) is 8.45. The molecule has 3 nitrogen and oxygen atoms in total. The third-order valence-electron chi connectivity index (χ3n) is 1.63. The van der Waals surface area contributed by atoms with Crippen LogP contribution in [-0.2, 0) is 4.79 Å². The molecule has 0 saturated heterocycles. The summed E-state index contributed by atoms with van der Waals surface area (Å²) in [5, 5.41) is 0. The molecule has 0 amide bonds. The third-order valence-corrected chi connectivity index (χ3v) is 1.63. The van der Waals surface area contributed by atoms with Gasteiger partial charge in [0, 0.05) is 0 Å². The zero-order valence-corrected chi connectivity index (χ0v) is 8.45. The molecular formula is C11H14O3. The molecule has 1 aliphatic heterocycles. The van der Waals surface area contributed by atoms with Crippen molar-refractivity contribution in [1.29, 1.82) is 0 Å². The van der Waals surface area contributed by atoms with E-state index >= 15 is 0 Å². The highest BCUT2D eigenvalue weighted by atomic mass is 16.5. The van der Waals surface area contributed by atoms with Crippen LogP contribution in [0.1, 0.15) is 13.8 Å². The summed E-state index contributed by atoms with van der Waals surface area (Å²) >= 11 is 0. The van der Waals surface area contributed by atoms with Crippen LogP contribution in [0.2, 0.25) is 0 Å². The zero-order chi connectivity index (χ0) is 10.4. The van der Waals surface area contributed by atoms with E-state index in [1.807, 2.05) is 26.0 Å². The molecule has 1 heterocycles. The Labute approximate surface area is 83.6 Å². The molecule has 1 aromatic rings. The number of carbonyl (C=O) groups excluding carboxylic acids is 1. The molecule has 1 aromatic carbocycles. The fourth-order valence-corrected chi connectivity index (χ4v) is 1.05. The van der Waals surface area contributed by atoms with E-state index in [0.717, 1.165) is 0 Å². The second-order valence-corrected chi connectivity index (χ2v) is 2.56. The van der Waals surface area contributed by atoms with Gasteiger partial charge in [-0.3, -0.25) is 4.79 Å². The number of para-hydroxylation sites is 2. The normalized spacial score (nSPS) is 13.7. The predicted molar refractivity (Wildman–Crippen MR) is 53.8 cm³/mol. The summed E-state index contributed by atoms with van der Waals surface area (Å²) in [5.41, 5.74) is 0. The van der Waals surface area contributed by atoms with Gasteiger partial charge in [-0.2, -0.15) is 0 Å². The van der Waals surface area contributed by atoms with E-state index in [-0.39, 0.29) is 19.0 Å². The monoisotopic (exact) mass is 194 g/mol. The number of benzene rings is 1. The van der Waals surface area contributed by atoms with E-state index in [9.17, 15) is 4.79 Å². The quantitative estimate of drug-likeness (QED) is 0.634. The Morgan fingerprint density at radius 2 is 1.43 bits per heavy atom. The maximum Gasteiger partial charge on any atom is 0.207 e. The van der Waals surface area contributed by atoms with Crippen molar-refractivity contribution in [3.05, 3.63) is 24.3 Å². The molecule has 0 fully saturated rings. The van der Waals surface area contributed by atoms with Crippen LogP contribution in [0, 0.1) is 0 Å². The number of carbonyl (C=O) groups is 1. The Morgan fingerprint density at radius 3 is 1.86 bits per heavy atom. The molecule has 0 atom stereocenters. The molecule has 2 rings (SSSR count). The molecule has 76 valence electrons. The lowest BCUT2D eigenvalue weighted by molar-refractivity contribution is -0.122. The molecule has 14 heavy (non-hydrogen) atoms. The Kier molecular flexibility index (Phi) is 3.98. The van der Waals surface area contributed by atoms with Crippen LogP contribution in [0.25, 0.3) is 0 Å². The molecule has 0 N–H and O–H groups in total. The van der Waals surface area contributed by atoms with Gasteiger partial charge in [0.1, 0.15) is 0 Å². The van der Waals surface area contributed by atoms with Gasteiger partial charge in [0.25, 0.3) is 0 Å². The molecule has 1 aliphatic rings. The van der Waals surface area contributed by atoms with Gasteiger partial charge in [0.05, 0.1) is 0 Å². The van der Waals surface area contributed by atoms with E-state index in [0.29, 0.717) is 11.5 Å². The van der Waals surface area contributed by atoms with Gasteiger partial charge in [0.15, 0.2) is 24.7 Å². The Hall–Kier alpha value is -1.51. The second kappa shape index (κ2) is 5.27. The molecular weight excluding hydrogens is 180 g/mol. The van der Waals surface area contributed by atoms with E-state index in [1.165, 1.54) is 0 Å². The number of fused-ring (bicyclic) bond motifs is 1. The number of ketones is 1. The average Bonchev–Trinajstić information content (AvgIpc) is 2.45. The minimum atomic E-state index is -0.0359. The highest BCUT2D eigenvalue weighted by molar-refractivity contribution is 5.82. The van der Waals surface area contributed by atoms with Crippen LogP contribution < -0.4 is 9.47 Å². The predicted octanol–water partition coefficient (Wildman–Crippen LogP) is 2.05. The van der Waals surface area contributed by atoms with Gasteiger partial charge < -0.3 is 9.47 Å². The Morgan fingerprint density at radius 1 is 1.00 bits per heavy atom. The van der Waals surface area contributed by atoms with Crippen LogP contribution in [0.3, 0.4) is 0 Å². The fraction of sp³-hybridized carbons (Fsp3) is 0.364. The highest BCUT2D eigenvalue weighted by Gasteiger charge is 2.13. The van der Waals surface area contributed by atoms with Crippen LogP contribution in [0.15, 0.2) is 24.3 Å². The highest BCUT2D eigenvalue weighted by Crippen LogP contribution is 2.27. The fourth-order valence-electron chi connectivity index (χ4n) is 1.05. The van der Waals surface area contributed by atoms with Crippen molar-refractivity contribution in [2.24, 2.45) is 0 Å². The smallest absolute Gasteiger partial charge is 0.207 e. The lowest BCUT2D eigenvalue weighted by atomic mass is 10.3. The summed E-state index contributed by atoms with van der Waals surface area (Å²) in [7, 11) is 0. The number of Topliss-reactive ketones (excluding diaryl/α,β-unsaturated/α-hetero) is 1. The van der Waals surface area contributed by atoms with Crippen molar-refractivity contribution >= 4 is 5.78 Å². The van der Waals surface area contributed by atoms with Crippen molar-refractivity contribution in [2.75, 3.05) is 13.2 Å². The van der Waals surface area contributed by atoms with Gasteiger partial charge in [0.2, 0.25) is 5.78 Å². The van der Waals surface area contributed by atoms with Crippen LogP contribution in [0.4, 0.5) is 0 Å². The summed E-state index contributed by atoms with van der Waals surface area (Å²) in [6.45, 7) is 4.22. The topological polar surface area (TPSA) is 35.5 Å². The van der Waals surface area contributed by atoms with Crippen molar-refractivity contribution in [3.63, 3.8) is 0 Å². The number of hydrogen-bond acceptors (Lipinski definition) is 3. The Balaban J connectivity index is 0.000000461.